The zero-order chi connectivity index (χ0) is 22.5. The lowest BCUT2D eigenvalue weighted by Gasteiger charge is -2.20. The summed E-state index contributed by atoms with van der Waals surface area (Å²) < 4.78 is 1.51. The molecule has 0 radical (unpaired) electrons. The Morgan fingerprint density at radius 1 is 1.09 bits per heavy atom. The van der Waals surface area contributed by atoms with Gasteiger partial charge in [0.05, 0.1) is 11.8 Å². The first-order chi connectivity index (χ1) is 15.5. The van der Waals surface area contributed by atoms with Gasteiger partial charge in [-0.25, -0.2) is 4.68 Å². The molecule has 0 saturated carbocycles. The van der Waals surface area contributed by atoms with Crippen LogP contribution in [0.4, 0.5) is 5.69 Å². The van der Waals surface area contributed by atoms with Gasteiger partial charge in [0, 0.05) is 18.3 Å². The quantitative estimate of drug-likeness (QED) is 0.536. The Balaban J connectivity index is 1.30. The molecule has 1 aliphatic rings. The van der Waals surface area contributed by atoms with Crippen LogP contribution in [0.2, 0.25) is 0 Å². The number of nitrogens with one attached hydrogen (secondary N) is 2. The van der Waals surface area contributed by atoms with Gasteiger partial charge in [-0.05, 0) is 84.0 Å². The number of carbonyl (C=O) groups excluding carboxylic acids is 2. The molecule has 0 saturated heterocycles. The molecule has 2 aromatic carbocycles. The highest BCUT2D eigenvalue weighted by atomic mass is 32.2. The van der Waals surface area contributed by atoms with E-state index in [1.54, 1.807) is 31.3 Å². The molecule has 8 nitrogen and oxygen atoms in total. The zero-order valence-corrected chi connectivity index (χ0v) is 19.0. The number of thioether (sulfide) groups is 1. The van der Waals surface area contributed by atoms with Crippen molar-refractivity contribution in [2.75, 3.05) is 11.1 Å². The Hall–Kier alpha value is -3.20. The first kappa shape index (κ1) is 22.0. The van der Waals surface area contributed by atoms with Crippen molar-refractivity contribution in [2.24, 2.45) is 7.05 Å². The molecule has 1 heterocycles. The van der Waals surface area contributed by atoms with Crippen LogP contribution < -0.4 is 10.6 Å². The van der Waals surface area contributed by atoms with Gasteiger partial charge in [-0.15, -0.1) is 5.10 Å². The Morgan fingerprint density at radius 3 is 2.56 bits per heavy atom. The third kappa shape index (κ3) is 5.34. The summed E-state index contributed by atoms with van der Waals surface area (Å²) >= 11 is 1.25. The van der Waals surface area contributed by atoms with Crippen molar-refractivity contribution in [2.45, 2.75) is 43.8 Å². The van der Waals surface area contributed by atoms with Crippen LogP contribution in [0.15, 0.2) is 47.6 Å². The second-order valence-electron chi connectivity index (χ2n) is 7.93. The number of tetrazole rings is 1. The van der Waals surface area contributed by atoms with Gasteiger partial charge < -0.3 is 10.6 Å². The van der Waals surface area contributed by atoms with Crippen molar-refractivity contribution in [1.82, 2.24) is 25.5 Å². The number of aromatic nitrogens is 4. The smallest absolute Gasteiger partial charge is 0.251 e. The predicted molar refractivity (Wildman–Crippen MR) is 124 cm³/mol. The summed E-state index contributed by atoms with van der Waals surface area (Å²) in [7, 11) is 1.72. The number of carbonyl (C=O) groups is 2. The van der Waals surface area contributed by atoms with Crippen molar-refractivity contribution in [3.05, 3.63) is 64.7 Å². The average Bonchev–Trinajstić information content (AvgIpc) is 3.22. The molecule has 1 aliphatic carbocycles. The number of aryl methyl sites for hydroxylation is 3. The Bertz CT molecular complexity index is 1110. The molecule has 3 aromatic rings. The van der Waals surface area contributed by atoms with E-state index >= 15 is 0 Å². The highest BCUT2D eigenvalue weighted by Gasteiger charge is 2.15. The normalized spacial score (nSPS) is 13.8. The number of rotatable bonds is 7. The number of hydrogen-bond donors (Lipinski definition) is 2. The van der Waals surface area contributed by atoms with E-state index in [0.717, 1.165) is 18.4 Å². The van der Waals surface area contributed by atoms with Crippen molar-refractivity contribution in [3.8, 4) is 0 Å². The molecule has 0 bridgehead atoms. The highest BCUT2D eigenvalue weighted by Crippen LogP contribution is 2.25. The van der Waals surface area contributed by atoms with Crippen LogP contribution in [0.25, 0.3) is 0 Å². The zero-order valence-electron chi connectivity index (χ0n) is 18.2. The number of fused-ring (bicyclic) bond motifs is 1. The van der Waals surface area contributed by atoms with Gasteiger partial charge in [0.15, 0.2) is 0 Å². The van der Waals surface area contributed by atoms with Gasteiger partial charge in [-0.2, -0.15) is 0 Å². The predicted octanol–water partition coefficient (Wildman–Crippen LogP) is 3.31. The van der Waals surface area contributed by atoms with E-state index in [1.165, 1.54) is 40.4 Å². The van der Waals surface area contributed by atoms with Crippen LogP contribution in [-0.2, 0) is 24.7 Å². The molecule has 2 N–H and O–H groups in total. The van der Waals surface area contributed by atoms with Crippen molar-refractivity contribution < 1.29 is 9.59 Å². The first-order valence-electron chi connectivity index (χ1n) is 10.7. The van der Waals surface area contributed by atoms with Crippen LogP contribution >= 0.6 is 11.8 Å². The average molecular weight is 451 g/mol. The maximum Gasteiger partial charge on any atom is 0.251 e. The summed E-state index contributed by atoms with van der Waals surface area (Å²) in [4.78, 5) is 24.8. The maximum absolute atomic E-state index is 12.7. The molecule has 2 amide bonds. The van der Waals surface area contributed by atoms with E-state index < -0.39 is 0 Å². The van der Waals surface area contributed by atoms with E-state index in [-0.39, 0.29) is 23.6 Å². The minimum absolute atomic E-state index is 0.0822. The lowest BCUT2D eigenvalue weighted by molar-refractivity contribution is -0.113. The minimum atomic E-state index is -0.170. The van der Waals surface area contributed by atoms with E-state index in [1.807, 2.05) is 6.92 Å². The standard InChI is InChI=1S/C23H26N6O2S/c1-15(18-8-7-16-5-3-4-6-19(16)13-18)24-22(31)17-9-11-20(12-10-17)25-21(30)14-32-23-26-27-28-29(23)2/h7-13,15H,3-6,14H2,1-2H3,(H,24,31)(H,25,30). The van der Waals surface area contributed by atoms with Crippen molar-refractivity contribution >= 4 is 29.3 Å². The van der Waals surface area contributed by atoms with E-state index in [2.05, 4.69) is 44.4 Å². The van der Waals surface area contributed by atoms with Crippen LogP contribution in [0.5, 0.6) is 0 Å². The van der Waals surface area contributed by atoms with Crippen LogP contribution in [0.3, 0.4) is 0 Å². The Morgan fingerprint density at radius 2 is 1.84 bits per heavy atom. The molecular weight excluding hydrogens is 424 g/mol. The fourth-order valence-corrected chi connectivity index (χ4v) is 4.41. The van der Waals surface area contributed by atoms with Gasteiger partial charge >= 0.3 is 0 Å². The van der Waals surface area contributed by atoms with Gasteiger partial charge in [-0.3, -0.25) is 9.59 Å². The number of hydrogen-bond acceptors (Lipinski definition) is 6. The second-order valence-corrected chi connectivity index (χ2v) is 8.87. The molecular formula is C23H26N6O2S. The molecule has 9 heteroatoms. The number of anilines is 1. The maximum atomic E-state index is 12.7. The molecule has 4 rings (SSSR count). The van der Waals surface area contributed by atoms with E-state index in [4.69, 9.17) is 0 Å². The molecule has 1 atom stereocenters. The molecule has 166 valence electrons. The molecule has 1 unspecified atom stereocenters. The Labute approximate surface area is 191 Å². The number of amides is 2. The third-order valence-corrected chi connectivity index (χ3v) is 6.58. The third-order valence-electron chi connectivity index (χ3n) is 5.56. The fourth-order valence-electron chi connectivity index (χ4n) is 3.76. The van der Waals surface area contributed by atoms with E-state index in [0.29, 0.717) is 16.4 Å². The highest BCUT2D eigenvalue weighted by molar-refractivity contribution is 7.99. The lowest BCUT2D eigenvalue weighted by Crippen LogP contribution is -2.26. The number of benzene rings is 2. The number of nitrogens with zero attached hydrogens (tertiary/aromatic N) is 4. The SMILES string of the molecule is CC(NC(=O)c1ccc(NC(=O)CSc2nnnn2C)cc1)c1ccc2c(c1)CCCC2. The molecule has 0 spiro atoms. The van der Waals surface area contributed by atoms with Gasteiger partial charge in [0.1, 0.15) is 0 Å². The molecule has 0 aliphatic heterocycles. The fraction of sp³-hybridized carbons (Fsp3) is 0.348. The minimum Gasteiger partial charge on any atom is -0.346 e. The largest absolute Gasteiger partial charge is 0.346 e. The van der Waals surface area contributed by atoms with Crippen molar-refractivity contribution in [1.29, 1.82) is 0 Å². The summed E-state index contributed by atoms with van der Waals surface area (Å²) in [6.45, 7) is 2.00. The van der Waals surface area contributed by atoms with Gasteiger partial charge in [-0.1, -0.05) is 30.0 Å². The Kier molecular flexibility index (Phi) is 6.84. The van der Waals surface area contributed by atoms with Crippen LogP contribution in [-0.4, -0.2) is 37.8 Å². The summed E-state index contributed by atoms with van der Waals surface area (Å²) in [6, 6.07) is 13.3. The van der Waals surface area contributed by atoms with Gasteiger partial charge in [0.25, 0.3) is 5.91 Å². The first-order valence-corrected chi connectivity index (χ1v) is 11.7. The summed E-state index contributed by atoms with van der Waals surface area (Å²) in [6.07, 6.45) is 4.75. The summed E-state index contributed by atoms with van der Waals surface area (Å²) in [5, 5.41) is 17.6. The lowest BCUT2D eigenvalue weighted by atomic mass is 9.89. The topological polar surface area (TPSA) is 102 Å². The van der Waals surface area contributed by atoms with Crippen LogP contribution in [0, 0.1) is 0 Å². The second kappa shape index (κ2) is 9.95. The molecule has 1 aromatic heterocycles. The molecule has 0 fully saturated rings. The summed E-state index contributed by atoms with van der Waals surface area (Å²) in [5.41, 5.74) is 5.14. The molecule has 32 heavy (non-hydrogen) atoms. The van der Waals surface area contributed by atoms with Crippen molar-refractivity contribution in [3.63, 3.8) is 0 Å². The van der Waals surface area contributed by atoms with E-state index in [9.17, 15) is 9.59 Å². The van der Waals surface area contributed by atoms with Gasteiger partial charge in [0.2, 0.25) is 11.1 Å². The van der Waals surface area contributed by atoms with Crippen LogP contribution in [0.1, 0.15) is 52.9 Å². The monoisotopic (exact) mass is 450 g/mol. The summed E-state index contributed by atoms with van der Waals surface area (Å²) in [5.74, 6) is -0.121.